The van der Waals surface area contributed by atoms with Crippen LogP contribution in [0.1, 0.15) is 23.2 Å². The number of carbonyl (C=O) groups is 1. The van der Waals surface area contributed by atoms with Crippen LogP contribution < -0.4 is 15.8 Å². The first kappa shape index (κ1) is 19.7. The Morgan fingerprint density at radius 2 is 2.04 bits per heavy atom. The Labute approximate surface area is 161 Å². The van der Waals surface area contributed by atoms with E-state index in [-0.39, 0.29) is 5.56 Å². The van der Waals surface area contributed by atoms with Gasteiger partial charge in [0.1, 0.15) is 12.1 Å². The van der Waals surface area contributed by atoms with Gasteiger partial charge < -0.3 is 25.6 Å². The van der Waals surface area contributed by atoms with E-state index in [2.05, 4.69) is 20.3 Å². The number of pyridine rings is 1. The largest absolute Gasteiger partial charge is 0.478 e. The number of nitrogens with zero attached hydrogens (tertiary/aromatic N) is 3. The highest BCUT2D eigenvalue weighted by atomic mass is 16.5. The Morgan fingerprint density at radius 3 is 2.79 bits per heavy atom. The fourth-order valence-electron chi connectivity index (χ4n) is 2.76. The maximum atomic E-state index is 11.3. The van der Waals surface area contributed by atoms with Crippen LogP contribution in [0, 0.1) is 0 Å². The molecule has 4 N–H and O–H groups in total. The van der Waals surface area contributed by atoms with Crippen LogP contribution in [-0.2, 0) is 4.74 Å². The molecule has 2 heterocycles. The third-order valence-corrected chi connectivity index (χ3v) is 4.18. The first-order chi connectivity index (χ1) is 13.6. The fraction of sp³-hybridized carbons (Fsp3) is 0.368. The van der Waals surface area contributed by atoms with E-state index in [4.69, 9.17) is 15.2 Å². The lowest BCUT2D eigenvalue weighted by Crippen LogP contribution is -2.10. The van der Waals surface area contributed by atoms with Crippen molar-refractivity contribution in [3.05, 3.63) is 30.0 Å². The van der Waals surface area contributed by atoms with Gasteiger partial charge in [0.2, 0.25) is 11.8 Å². The molecule has 0 fully saturated rings. The van der Waals surface area contributed by atoms with Crippen molar-refractivity contribution < 1.29 is 19.4 Å². The number of rotatable bonds is 10. The number of nitrogens with two attached hydrogens (primary N) is 1. The maximum Gasteiger partial charge on any atom is 0.335 e. The van der Waals surface area contributed by atoms with Gasteiger partial charge in [0.15, 0.2) is 0 Å². The minimum Gasteiger partial charge on any atom is -0.478 e. The van der Waals surface area contributed by atoms with Crippen molar-refractivity contribution in [2.45, 2.75) is 12.8 Å². The van der Waals surface area contributed by atoms with Crippen molar-refractivity contribution in [3.63, 3.8) is 0 Å². The van der Waals surface area contributed by atoms with E-state index in [1.54, 1.807) is 19.3 Å². The standard InChI is InChI=1S/C19H23N5O4/c1-21-19-22-11-14-13-5-4-12(18(25)26)10-15(13)23-17(16(14)24-19)28-9-8-27-7-3-2-6-20/h4-5,10-11H,2-3,6-9,20H2,1H3,(H,25,26)(H,21,22,24). The Balaban J connectivity index is 1.89. The summed E-state index contributed by atoms with van der Waals surface area (Å²) in [6.07, 6.45) is 3.51. The van der Waals surface area contributed by atoms with Crippen LogP contribution >= 0.6 is 0 Å². The fourth-order valence-corrected chi connectivity index (χ4v) is 2.76. The lowest BCUT2D eigenvalue weighted by molar-refractivity contribution is 0.0697. The molecule has 0 aliphatic carbocycles. The smallest absolute Gasteiger partial charge is 0.335 e. The van der Waals surface area contributed by atoms with Crippen LogP contribution in [0.2, 0.25) is 0 Å². The van der Waals surface area contributed by atoms with Gasteiger partial charge in [0.25, 0.3) is 0 Å². The quantitative estimate of drug-likeness (QED) is 0.354. The zero-order valence-corrected chi connectivity index (χ0v) is 15.6. The molecular weight excluding hydrogens is 362 g/mol. The average Bonchev–Trinajstić information content (AvgIpc) is 2.72. The normalized spacial score (nSPS) is 11.1. The van der Waals surface area contributed by atoms with Gasteiger partial charge in [0.05, 0.1) is 17.7 Å². The van der Waals surface area contributed by atoms with Crippen molar-refractivity contribution in [1.82, 2.24) is 15.0 Å². The minimum absolute atomic E-state index is 0.154. The summed E-state index contributed by atoms with van der Waals surface area (Å²) in [4.78, 5) is 24.5. The number of nitrogens with one attached hydrogen (secondary N) is 1. The number of hydrogen-bond acceptors (Lipinski definition) is 8. The van der Waals surface area contributed by atoms with Crippen molar-refractivity contribution in [2.24, 2.45) is 5.73 Å². The summed E-state index contributed by atoms with van der Waals surface area (Å²) in [6, 6.07) is 4.76. The number of benzene rings is 1. The molecule has 28 heavy (non-hydrogen) atoms. The second kappa shape index (κ2) is 9.25. The number of hydrogen-bond donors (Lipinski definition) is 3. The van der Waals surface area contributed by atoms with E-state index < -0.39 is 5.97 Å². The highest BCUT2D eigenvalue weighted by molar-refractivity contribution is 6.07. The van der Waals surface area contributed by atoms with Gasteiger partial charge in [-0.1, -0.05) is 6.07 Å². The minimum atomic E-state index is -1.01. The number of anilines is 1. The summed E-state index contributed by atoms with van der Waals surface area (Å²) in [5, 5.41) is 13.6. The lowest BCUT2D eigenvalue weighted by atomic mass is 10.1. The molecule has 0 saturated carbocycles. The summed E-state index contributed by atoms with van der Waals surface area (Å²) < 4.78 is 11.3. The summed E-state index contributed by atoms with van der Waals surface area (Å²) in [6.45, 7) is 1.98. The van der Waals surface area contributed by atoms with Crippen LogP contribution in [0.25, 0.3) is 21.8 Å². The molecule has 0 radical (unpaired) electrons. The number of ether oxygens (including phenoxy) is 2. The second-order valence-electron chi connectivity index (χ2n) is 6.12. The first-order valence-corrected chi connectivity index (χ1v) is 9.06. The average molecular weight is 385 g/mol. The van der Waals surface area contributed by atoms with E-state index in [1.807, 2.05) is 0 Å². The number of carboxylic acid groups (broad SMARTS) is 1. The van der Waals surface area contributed by atoms with Crippen LogP contribution in [0.3, 0.4) is 0 Å². The molecule has 9 heteroatoms. The van der Waals surface area contributed by atoms with Gasteiger partial charge in [0, 0.05) is 30.6 Å². The molecule has 1 aromatic carbocycles. The second-order valence-corrected chi connectivity index (χ2v) is 6.12. The molecule has 0 saturated heterocycles. The molecule has 0 spiro atoms. The molecule has 0 atom stereocenters. The van der Waals surface area contributed by atoms with E-state index >= 15 is 0 Å². The summed E-state index contributed by atoms with van der Waals surface area (Å²) in [5.41, 5.74) is 6.67. The molecule has 3 aromatic rings. The van der Waals surface area contributed by atoms with Gasteiger partial charge in [-0.2, -0.15) is 0 Å². The summed E-state index contributed by atoms with van der Waals surface area (Å²) >= 11 is 0. The predicted octanol–water partition coefficient (Wildman–Crippen LogP) is 2.05. The highest BCUT2D eigenvalue weighted by Crippen LogP contribution is 2.30. The number of carboxylic acids is 1. The number of aromatic carboxylic acids is 1. The SMILES string of the molecule is CNc1ncc2c(n1)c(OCCOCCCCN)nc1cc(C(=O)O)ccc12. The third-order valence-electron chi connectivity index (χ3n) is 4.18. The van der Waals surface area contributed by atoms with E-state index in [1.165, 1.54) is 12.1 Å². The summed E-state index contributed by atoms with van der Waals surface area (Å²) in [5.74, 6) is -0.257. The predicted molar refractivity (Wildman–Crippen MR) is 106 cm³/mol. The van der Waals surface area contributed by atoms with Crippen LogP contribution in [0.5, 0.6) is 5.88 Å². The topological polar surface area (TPSA) is 132 Å². The number of unbranched alkanes of at least 4 members (excludes halogenated alkanes) is 1. The Morgan fingerprint density at radius 1 is 1.18 bits per heavy atom. The molecule has 9 nitrogen and oxygen atoms in total. The molecule has 2 aromatic heterocycles. The van der Waals surface area contributed by atoms with Crippen molar-refractivity contribution in [3.8, 4) is 5.88 Å². The number of aromatic nitrogens is 3. The Bertz CT molecular complexity index is 979. The first-order valence-electron chi connectivity index (χ1n) is 9.06. The van der Waals surface area contributed by atoms with E-state index in [9.17, 15) is 9.90 Å². The zero-order valence-electron chi connectivity index (χ0n) is 15.6. The molecule has 0 aliphatic rings. The Hall–Kier alpha value is -3.04. The zero-order chi connectivity index (χ0) is 19.9. The van der Waals surface area contributed by atoms with E-state index in [0.29, 0.717) is 49.2 Å². The van der Waals surface area contributed by atoms with Gasteiger partial charge in [-0.3, -0.25) is 0 Å². The van der Waals surface area contributed by atoms with Crippen LogP contribution in [-0.4, -0.2) is 59.4 Å². The number of fused-ring (bicyclic) bond motifs is 3. The van der Waals surface area contributed by atoms with Crippen LogP contribution in [0.15, 0.2) is 24.4 Å². The molecule has 0 bridgehead atoms. The molecule has 3 rings (SSSR count). The Kier molecular flexibility index (Phi) is 6.51. The van der Waals surface area contributed by atoms with Gasteiger partial charge >= 0.3 is 5.97 Å². The maximum absolute atomic E-state index is 11.3. The summed E-state index contributed by atoms with van der Waals surface area (Å²) in [7, 11) is 1.73. The van der Waals surface area contributed by atoms with Crippen molar-refractivity contribution >= 4 is 33.7 Å². The third kappa shape index (κ3) is 4.44. The van der Waals surface area contributed by atoms with Crippen molar-refractivity contribution in [2.75, 3.05) is 38.7 Å². The van der Waals surface area contributed by atoms with Gasteiger partial charge in [-0.25, -0.2) is 19.7 Å². The lowest BCUT2D eigenvalue weighted by Gasteiger charge is -2.11. The molecule has 0 aliphatic heterocycles. The van der Waals surface area contributed by atoms with Gasteiger partial charge in [-0.15, -0.1) is 0 Å². The molecule has 148 valence electrons. The van der Waals surface area contributed by atoms with Crippen LogP contribution in [0.4, 0.5) is 5.95 Å². The highest BCUT2D eigenvalue weighted by Gasteiger charge is 2.14. The van der Waals surface area contributed by atoms with E-state index in [0.717, 1.165) is 23.6 Å². The molecule has 0 unspecified atom stereocenters. The van der Waals surface area contributed by atoms with Gasteiger partial charge in [-0.05, 0) is 31.5 Å². The monoisotopic (exact) mass is 385 g/mol. The van der Waals surface area contributed by atoms with Crippen molar-refractivity contribution in [1.29, 1.82) is 0 Å². The molecule has 0 amide bonds. The molecular formula is C19H23N5O4.